The van der Waals surface area contributed by atoms with Crippen LogP contribution in [0, 0.1) is 5.82 Å². The fourth-order valence-corrected chi connectivity index (χ4v) is 4.66. The van der Waals surface area contributed by atoms with E-state index in [9.17, 15) is 27.5 Å². The van der Waals surface area contributed by atoms with E-state index in [1.807, 2.05) is 0 Å². The predicted octanol–water partition coefficient (Wildman–Crippen LogP) is 5.17. The molecule has 1 aromatic carbocycles. The van der Waals surface area contributed by atoms with Gasteiger partial charge < -0.3 is 15.7 Å². The summed E-state index contributed by atoms with van der Waals surface area (Å²) in [6.07, 6.45) is -0.684. The number of nitrogens with zero attached hydrogens (tertiary/aromatic N) is 3. The number of halogens is 5. The molecule has 0 unspecified atom stereocenters. The lowest BCUT2D eigenvalue weighted by atomic mass is 9.90. The molecule has 7 nitrogen and oxygen atoms in total. The number of aliphatic hydroxyl groups is 1. The van der Waals surface area contributed by atoms with Crippen molar-refractivity contribution in [3.63, 3.8) is 0 Å². The Morgan fingerprint density at radius 2 is 1.94 bits per heavy atom. The number of fused-ring (bicyclic) bond motifs is 1. The van der Waals surface area contributed by atoms with E-state index in [2.05, 4.69) is 20.7 Å². The average molecular weight is 528 g/mol. The van der Waals surface area contributed by atoms with Gasteiger partial charge in [-0.05, 0) is 63.8 Å². The van der Waals surface area contributed by atoms with Gasteiger partial charge in [0, 0.05) is 29.4 Å². The minimum atomic E-state index is -4.66. The summed E-state index contributed by atoms with van der Waals surface area (Å²) in [5, 5.41) is 20.3. The van der Waals surface area contributed by atoms with Crippen molar-refractivity contribution in [2.24, 2.45) is 0 Å². The Hall–Kier alpha value is -2.92. The van der Waals surface area contributed by atoms with Crippen molar-refractivity contribution in [3.8, 4) is 0 Å². The predicted molar refractivity (Wildman–Crippen MR) is 127 cm³/mol. The lowest BCUT2D eigenvalue weighted by Gasteiger charge is -2.31. The van der Waals surface area contributed by atoms with Crippen LogP contribution in [0.2, 0.25) is 5.15 Å². The zero-order valence-electron chi connectivity index (χ0n) is 19.7. The maximum Gasteiger partial charge on any atom is 0.433 e. The first-order chi connectivity index (χ1) is 16.8. The van der Waals surface area contributed by atoms with Gasteiger partial charge in [-0.2, -0.15) is 18.3 Å². The molecule has 1 aliphatic rings. The number of benzene rings is 1. The van der Waals surface area contributed by atoms with Crippen molar-refractivity contribution in [1.82, 2.24) is 20.1 Å². The highest BCUT2D eigenvalue weighted by Crippen LogP contribution is 2.34. The van der Waals surface area contributed by atoms with E-state index in [0.717, 1.165) is 24.6 Å². The molecule has 194 valence electrons. The second-order valence-corrected chi connectivity index (χ2v) is 10.1. The second kappa shape index (κ2) is 9.85. The number of hydrogen-bond donors (Lipinski definition) is 3. The topological polar surface area (TPSA) is 92.1 Å². The molecule has 3 aromatic rings. The third-order valence-corrected chi connectivity index (χ3v) is 6.22. The third-order valence-electron chi connectivity index (χ3n) is 5.94. The van der Waals surface area contributed by atoms with Gasteiger partial charge in [0.15, 0.2) is 5.15 Å². The molecule has 0 radical (unpaired) electrons. The monoisotopic (exact) mass is 527 g/mol. The number of aromatic nitrogens is 3. The normalized spacial score (nSPS) is 18.9. The molecule has 1 saturated carbocycles. The molecule has 0 bridgehead atoms. The summed E-state index contributed by atoms with van der Waals surface area (Å²) < 4.78 is 55.5. The van der Waals surface area contributed by atoms with Crippen LogP contribution in [0.15, 0.2) is 30.5 Å². The summed E-state index contributed by atoms with van der Waals surface area (Å²) in [5.74, 6) is -1.01. The number of hydrogen-bond acceptors (Lipinski definition) is 5. The summed E-state index contributed by atoms with van der Waals surface area (Å²) >= 11 is 6.13. The minimum Gasteiger partial charge on any atom is -0.389 e. The van der Waals surface area contributed by atoms with Crippen LogP contribution < -0.4 is 10.6 Å². The van der Waals surface area contributed by atoms with E-state index < -0.39 is 29.2 Å². The van der Waals surface area contributed by atoms with Crippen LogP contribution >= 0.6 is 11.6 Å². The van der Waals surface area contributed by atoms with Crippen LogP contribution in [0.3, 0.4) is 0 Å². The second-order valence-electron chi connectivity index (χ2n) is 9.74. The van der Waals surface area contributed by atoms with E-state index in [4.69, 9.17) is 11.6 Å². The van der Waals surface area contributed by atoms with Crippen LogP contribution in [-0.2, 0) is 12.7 Å². The Morgan fingerprint density at radius 3 is 2.64 bits per heavy atom. The number of alkyl halides is 3. The van der Waals surface area contributed by atoms with Crippen LogP contribution in [0.4, 0.5) is 23.2 Å². The van der Waals surface area contributed by atoms with E-state index in [0.29, 0.717) is 19.3 Å². The smallest absolute Gasteiger partial charge is 0.389 e. The molecule has 2 aromatic heterocycles. The molecule has 3 N–H and O–H groups in total. The Bertz CT molecular complexity index is 1270. The SMILES string of the molecule is CC(C)(O)Cn1cc(C(=O)N[C@@H]2CCC[C@H](Nc3cc(C(F)(F)F)nc4ccc(F)cc34)C2)c(Cl)n1. The lowest BCUT2D eigenvalue weighted by molar-refractivity contribution is -0.140. The molecule has 0 saturated heterocycles. The maximum absolute atomic E-state index is 13.9. The molecule has 4 rings (SSSR count). The minimum absolute atomic E-state index is 0.00666. The number of carbonyl (C=O) groups excluding carboxylic acids is 1. The Kier molecular flexibility index (Phi) is 7.16. The van der Waals surface area contributed by atoms with E-state index >= 15 is 0 Å². The molecule has 12 heteroatoms. The van der Waals surface area contributed by atoms with Gasteiger partial charge in [-0.25, -0.2) is 9.37 Å². The van der Waals surface area contributed by atoms with Crippen LogP contribution in [-0.4, -0.2) is 43.5 Å². The molecule has 0 aliphatic heterocycles. The first kappa shape index (κ1) is 26.2. The Labute approximate surface area is 209 Å². The number of nitrogens with one attached hydrogen (secondary N) is 2. The summed E-state index contributed by atoms with van der Waals surface area (Å²) in [4.78, 5) is 16.5. The van der Waals surface area contributed by atoms with Gasteiger partial charge >= 0.3 is 6.18 Å². The quantitative estimate of drug-likeness (QED) is 0.385. The van der Waals surface area contributed by atoms with Gasteiger partial charge in [-0.3, -0.25) is 9.48 Å². The molecular weight excluding hydrogens is 502 g/mol. The van der Waals surface area contributed by atoms with Gasteiger partial charge in [-0.15, -0.1) is 0 Å². The van der Waals surface area contributed by atoms with Crippen molar-refractivity contribution >= 4 is 34.1 Å². The van der Waals surface area contributed by atoms with Gasteiger partial charge in [0.1, 0.15) is 11.5 Å². The highest BCUT2D eigenvalue weighted by molar-refractivity contribution is 6.32. The Balaban J connectivity index is 1.49. The number of rotatable bonds is 6. The lowest BCUT2D eigenvalue weighted by Crippen LogP contribution is -2.41. The highest BCUT2D eigenvalue weighted by Gasteiger charge is 2.34. The third kappa shape index (κ3) is 6.25. The van der Waals surface area contributed by atoms with Gasteiger partial charge in [0.25, 0.3) is 5.91 Å². The van der Waals surface area contributed by atoms with Crippen molar-refractivity contribution in [2.45, 2.75) is 69.9 Å². The van der Waals surface area contributed by atoms with E-state index in [-0.39, 0.29) is 45.9 Å². The fourth-order valence-electron chi connectivity index (χ4n) is 4.43. The molecule has 1 amide bonds. The first-order valence-corrected chi connectivity index (χ1v) is 11.9. The van der Waals surface area contributed by atoms with Crippen molar-refractivity contribution in [1.29, 1.82) is 0 Å². The van der Waals surface area contributed by atoms with E-state index in [1.54, 1.807) is 13.8 Å². The molecule has 2 heterocycles. The average Bonchev–Trinajstić information content (AvgIpc) is 3.12. The largest absolute Gasteiger partial charge is 0.433 e. The summed E-state index contributed by atoms with van der Waals surface area (Å²) in [6, 6.07) is 3.81. The molecule has 0 spiro atoms. The summed E-state index contributed by atoms with van der Waals surface area (Å²) in [6.45, 7) is 3.36. The number of pyridine rings is 1. The summed E-state index contributed by atoms with van der Waals surface area (Å²) in [7, 11) is 0. The van der Waals surface area contributed by atoms with Gasteiger partial charge in [0.05, 0.1) is 23.2 Å². The zero-order valence-corrected chi connectivity index (χ0v) is 20.4. The van der Waals surface area contributed by atoms with Crippen LogP contribution in [0.1, 0.15) is 55.6 Å². The van der Waals surface area contributed by atoms with Crippen LogP contribution in [0.5, 0.6) is 0 Å². The molecule has 1 fully saturated rings. The Morgan fingerprint density at radius 1 is 1.22 bits per heavy atom. The van der Waals surface area contributed by atoms with Crippen LogP contribution in [0.25, 0.3) is 10.9 Å². The number of anilines is 1. The van der Waals surface area contributed by atoms with Crippen molar-refractivity contribution in [2.75, 3.05) is 5.32 Å². The van der Waals surface area contributed by atoms with E-state index in [1.165, 1.54) is 16.9 Å². The van der Waals surface area contributed by atoms with Gasteiger partial charge in [-0.1, -0.05) is 11.6 Å². The molecular formula is C24H26ClF4N5O2. The summed E-state index contributed by atoms with van der Waals surface area (Å²) in [5.41, 5.74) is -1.77. The van der Waals surface area contributed by atoms with Gasteiger partial charge in [0.2, 0.25) is 0 Å². The zero-order chi connectivity index (χ0) is 26.3. The van der Waals surface area contributed by atoms with Crippen molar-refractivity contribution in [3.05, 3.63) is 52.7 Å². The molecule has 36 heavy (non-hydrogen) atoms. The fraction of sp³-hybridized carbons (Fsp3) is 0.458. The standard InChI is InChI=1S/C24H26ClF4N5O2/c1-23(2,36)12-34-11-17(21(25)33-34)22(35)31-15-5-3-4-14(9-15)30-19-10-20(24(27,28)29)32-18-7-6-13(26)8-16(18)19/h6-8,10-11,14-15,36H,3-5,9,12H2,1-2H3,(H,30,32)(H,31,35)/t14-,15+/m0/s1. The molecule has 2 atom stereocenters. The first-order valence-electron chi connectivity index (χ1n) is 11.5. The number of carbonyl (C=O) groups is 1. The molecule has 1 aliphatic carbocycles. The van der Waals surface area contributed by atoms with Crippen molar-refractivity contribution < 1.29 is 27.5 Å². The number of amides is 1. The highest BCUT2D eigenvalue weighted by atomic mass is 35.5. The maximum atomic E-state index is 13.9.